The second kappa shape index (κ2) is 3.11. The first-order valence-electron chi connectivity index (χ1n) is 4.92. The molecule has 1 saturated heterocycles. The van der Waals surface area contributed by atoms with Gasteiger partial charge in [-0.1, -0.05) is 0 Å². The minimum atomic E-state index is -4.99. The van der Waals surface area contributed by atoms with Crippen LogP contribution in [-0.4, -0.2) is 40.1 Å². The Kier molecular flexibility index (Phi) is 2.18. The number of carbonyl (C=O) groups is 2. The van der Waals surface area contributed by atoms with Crippen LogP contribution in [0.5, 0.6) is 0 Å². The van der Waals surface area contributed by atoms with Gasteiger partial charge in [-0.15, -0.1) is 0 Å². The lowest BCUT2D eigenvalue weighted by Gasteiger charge is -2.33. The number of nitrogens with zero attached hydrogens (tertiary/aromatic N) is 1. The lowest BCUT2D eigenvalue weighted by Crippen LogP contribution is -2.55. The molecule has 2 fully saturated rings. The number of piperidine rings is 1. The van der Waals surface area contributed by atoms with Crippen LogP contribution in [0.25, 0.3) is 0 Å². The van der Waals surface area contributed by atoms with Crippen molar-refractivity contribution in [1.82, 2.24) is 4.90 Å². The average Bonchev–Trinajstić information content (AvgIpc) is 2.89. The molecule has 0 aromatic carbocycles. The molecular weight excluding hydrogens is 227 g/mol. The van der Waals surface area contributed by atoms with Crippen molar-refractivity contribution in [3.63, 3.8) is 0 Å². The summed E-state index contributed by atoms with van der Waals surface area (Å²) in [6, 6.07) is 0. The molecule has 0 spiro atoms. The van der Waals surface area contributed by atoms with Crippen LogP contribution in [0.3, 0.4) is 0 Å². The molecule has 1 heterocycles. The van der Waals surface area contributed by atoms with E-state index < -0.39 is 23.6 Å². The second-order valence-corrected chi connectivity index (χ2v) is 4.23. The summed E-state index contributed by atoms with van der Waals surface area (Å²) in [5.41, 5.74) is -1.58. The molecule has 1 aliphatic carbocycles. The van der Waals surface area contributed by atoms with Crippen LogP contribution < -0.4 is 0 Å². The van der Waals surface area contributed by atoms with Crippen LogP contribution in [0.2, 0.25) is 0 Å². The van der Waals surface area contributed by atoms with Gasteiger partial charge in [0.15, 0.2) is 0 Å². The van der Waals surface area contributed by atoms with Crippen LogP contribution in [0.4, 0.5) is 13.2 Å². The fourth-order valence-corrected chi connectivity index (χ4v) is 2.50. The number of carboxylic acid groups (broad SMARTS) is 1. The molecule has 2 aliphatic rings. The standard InChI is InChI=1S/C9H10F3NO3/c10-9(11,12)6(14)13-3-1-2-5-4-8(5,13)7(15)16/h5H,1-4H2,(H,15,16). The predicted molar refractivity (Wildman–Crippen MR) is 45.5 cm³/mol. The number of amides is 1. The molecule has 0 bridgehead atoms. The Bertz CT molecular complexity index is 354. The molecule has 7 heteroatoms. The summed E-state index contributed by atoms with van der Waals surface area (Å²) in [4.78, 5) is 22.6. The summed E-state index contributed by atoms with van der Waals surface area (Å²) in [5.74, 6) is -3.67. The van der Waals surface area contributed by atoms with E-state index in [1.165, 1.54) is 0 Å². The largest absolute Gasteiger partial charge is 0.479 e. The number of rotatable bonds is 1. The number of hydrogen-bond donors (Lipinski definition) is 1. The topological polar surface area (TPSA) is 57.6 Å². The average molecular weight is 237 g/mol. The monoisotopic (exact) mass is 237 g/mol. The highest BCUT2D eigenvalue weighted by Gasteiger charge is 2.68. The second-order valence-electron chi connectivity index (χ2n) is 4.23. The Morgan fingerprint density at radius 3 is 2.50 bits per heavy atom. The molecule has 1 aliphatic heterocycles. The molecule has 1 N–H and O–H groups in total. The van der Waals surface area contributed by atoms with Gasteiger partial charge in [-0.2, -0.15) is 13.2 Å². The molecular formula is C9H10F3NO3. The Morgan fingerprint density at radius 1 is 1.38 bits per heavy atom. The lowest BCUT2D eigenvalue weighted by molar-refractivity contribution is -0.192. The molecule has 2 unspecified atom stereocenters. The van der Waals surface area contributed by atoms with Crippen molar-refractivity contribution in [3.05, 3.63) is 0 Å². The minimum absolute atomic E-state index is 0.124. The normalized spacial score (nSPS) is 33.2. The fourth-order valence-electron chi connectivity index (χ4n) is 2.50. The Balaban J connectivity index is 2.27. The summed E-state index contributed by atoms with van der Waals surface area (Å²) < 4.78 is 36.8. The summed E-state index contributed by atoms with van der Waals surface area (Å²) in [5, 5.41) is 8.96. The van der Waals surface area contributed by atoms with Gasteiger partial charge in [-0.3, -0.25) is 4.79 Å². The van der Waals surface area contributed by atoms with Crippen molar-refractivity contribution in [2.75, 3.05) is 6.54 Å². The highest BCUT2D eigenvalue weighted by atomic mass is 19.4. The van der Waals surface area contributed by atoms with Crippen molar-refractivity contribution in [3.8, 4) is 0 Å². The van der Waals surface area contributed by atoms with E-state index in [2.05, 4.69) is 0 Å². The highest BCUT2D eigenvalue weighted by Crippen LogP contribution is 2.55. The van der Waals surface area contributed by atoms with E-state index in [9.17, 15) is 22.8 Å². The van der Waals surface area contributed by atoms with Gasteiger partial charge in [-0.05, 0) is 25.2 Å². The van der Waals surface area contributed by atoms with Gasteiger partial charge >= 0.3 is 18.1 Å². The first kappa shape index (κ1) is 11.2. The maximum Gasteiger partial charge on any atom is 0.471 e. The van der Waals surface area contributed by atoms with E-state index in [1.54, 1.807) is 0 Å². The van der Waals surface area contributed by atoms with Gasteiger partial charge in [0, 0.05) is 6.54 Å². The quantitative estimate of drug-likeness (QED) is 0.740. The zero-order chi connectivity index (χ0) is 12.1. The van der Waals surface area contributed by atoms with Crippen LogP contribution in [0.1, 0.15) is 19.3 Å². The third kappa shape index (κ3) is 1.37. The summed E-state index contributed by atoms with van der Waals surface area (Å²) >= 11 is 0. The molecule has 0 radical (unpaired) electrons. The van der Waals surface area contributed by atoms with Gasteiger partial charge < -0.3 is 10.0 Å². The Labute approximate surface area is 89.0 Å². The van der Waals surface area contributed by atoms with Crippen molar-refractivity contribution in [2.45, 2.75) is 31.0 Å². The Hall–Kier alpha value is -1.27. The predicted octanol–water partition coefficient (Wildman–Crippen LogP) is 1.01. The van der Waals surface area contributed by atoms with Gasteiger partial charge in [0.25, 0.3) is 0 Å². The zero-order valence-electron chi connectivity index (χ0n) is 8.25. The molecule has 1 saturated carbocycles. The van der Waals surface area contributed by atoms with Gasteiger partial charge in [-0.25, -0.2) is 4.79 Å². The third-order valence-corrected chi connectivity index (χ3v) is 3.35. The molecule has 90 valence electrons. The molecule has 4 nitrogen and oxygen atoms in total. The number of carboxylic acids is 1. The smallest absolute Gasteiger partial charge is 0.471 e. The van der Waals surface area contributed by atoms with Crippen LogP contribution in [0.15, 0.2) is 0 Å². The molecule has 0 aromatic heterocycles. The van der Waals surface area contributed by atoms with Gasteiger partial charge in [0.2, 0.25) is 0 Å². The van der Waals surface area contributed by atoms with Crippen molar-refractivity contribution < 1.29 is 27.9 Å². The maximum atomic E-state index is 12.3. The van der Waals surface area contributed by atoms with Crippen molar-refractivity contribution in [1.29, 1.82) is 0 Å². The first-order chi connectivity index (χ1) is 7.30. The highest BCUT2D eigenvalue weighted by molar-refractivity contribution is 5.92. The number of halogens is 3. The number of likely N-dealkylation sites (tertiary alicyclic amines) is 1. The van der Waals surface area contributed by atoms with E-state index in [1.807, 2.05) is 0 Å². The number of carbonyl (C=O) groups excluding carboxylic acids is 1. The number of aliphatic carboxylic acids is 1. The third-order valence-electron chi connectivity index (χ3n) is 3.35. The van der Waals surface area contributed by atoms with E-state index in [0.29, 0.717) is 17.7 Å². The minimum Gasteiger partial charge on any atom is -0.479 e. The summed E-state index contributed by atoms with van der Waals surface area (Å²) in [6.45, 7) is -0.124. The van der Waals surface area contributed by atoms with Crippen LogP contribution in [-0.2, 0) is 9.59 Å². The van der Waals surface area contributed by atoms with E-state index in [-0.39, 0.29) is 18.9 Å². The molecule has 1 amide bonds. The Morgan fingerprint density at radius 2 is 2.00 bits per heavy atom. The van der Waals surface area contributed by atoms with Gasteiger partial charge in [0.05, 0.1) is 0 Å². The molecule has 2 atom stereocenters. The van der Waals surface area contributed by atoms with E-state index in [0.717, 1.165) is 0 Å². The van der Waals surface area contributed by atoms with Crippen molar-refractivity contribution >= 4 is 11.9 Å². The molecule has 16 heavy (non-hydrogen) atoms. The summed E-state index contributed by atoms with van der Waals surface area (Å²) in [6.07, 6.45) is -3.84. The first-order valence-corrected chi connectivity index (χ1v) is 4.92. The van der Waals surface area contributed by atoms with E-state index >= 15 is 0 Å². The summed E-state index contributed by atoms with van der Waals surface area (Å²) in [7, 11) is 0. The number of fused-ring (bicyclic) bond motifs is 1. The number of hydrogen-bond acceptors (Lipinski definition) is 2. The van der Waals surface area contributed by atoms with E-state index in [4.69, 9.17) is 5.11 Å². The van der Waals surface area contributed by atoms with Crippen LogP contribution in [0, 0.1) is 5.92 Å². The van der Waals surface area contributed by atoms with Gasteiger partial charge in [0.1, 0.15) is 5.54 Å². The maximum absolute atomic E-state index is 12.3. The number of alkyl halides is 3. The zero-order valence-corrected chi connectivity index (χ0v) is 8.25. The molecule has 0 aromatic rings. The fraction of sp³-hybridized carbons (Fsp3) is 0.778. The van der Waals surface area contributed by atoms with Crippen LogP contribution >= 0.6 is 0 Å². The van der Waals surface area contributed by atoms with Crippen molar-refractivity contribution in [2.24, 2.45) is 5.92 Å². The molecule has 2 rings (SSSR count). The SMILES string of the molecule is O=C(N1CCCC2CC21C(=O)O)C(F)(F)F. The lowest BCUT2D eigenvalue weighted by atomic mass is 10.0.